The number of nitrogens with one attached hydrogen (secondary N) is 2. The van der Waals surface area contributed by atoms with Crippen LogP contribution in [0.5, 0.6) is 5.75 Å². The molecule has 2 N–H and O–H groups in total. The van der Waals surface area contributed by atoms with E-state index in [2.05, 4.69) is 36.2 Å². The van der Waals surface area contributed by atoms with Crippen molar-refractivity contribution >= 4 is 27.9 Å². The van der Waals surface area contributed by atoms with Crippen LogP contribution in [0, 0.1) is 13.8 Å². The second kappa shape index (κ2) is 8.10. The number of amides is 1. The van der Waals surface area contributed by atoms with Crippen LogP contribution in [-0.4, -0.2) is 39.2 Å². The molecule has 5 nitrogen and oxygen atoms in total. The van der Waals surface area contributed by atoms with Crippen molar-refractivity contribution in [1.82, 2.24) is 0 Å². The fourth-order valence-electron chi connectivity index (χ4n) is 3.53. The molecule has 1 aliphatic rings. The molecule has 0 atom stereocenters. The average Bonchev–Trinajstić information content (AvgIpc) is 2.89. The number of para-hydroxylation sites is 2. The van der Waals surface area contributed by atoms with Gasteiger partial charge in [-0.05, 0) is 31.5 Å². The maximum absolute atomic E-state index is 11.5. The Balaban J connectivity index is 1.67. The first-order valence-corrected chi connectivity index (χ1v) is 9.89. The van der Waals surface area contributed by atoms with E-state index in [-0.39, 0.29) is 5.91 Å². The summed E-state index contributed by atoms with van der Waals surface area (Å²) in [6.45, 7) is 11.0. The van der Waals surface area contributed by atoms with Crippen LogP contribution in [0.1, 0.15) is 22.9 Å². The van der Waals surface area contributed by atoms with Crippen LogP contribution in [-0.2, 0) is 11.3 Å². The lowest BCUT2D eigenvalue weighted by atomic mass is 10.1. The van der Waals surface area contributed by atoms with Gasteiger partial charge in [-0.15, -0.1) is 11.3 Å². The van der Waals surface area contributed by atoms with E-state index in [1.165, 1.54) is 21.7 Å². The number of hydrogen-bond acceptors (Lipinski definition) is 4. The van der Waals surface area contributed by atoms with Crippen molar-refractivity contribution in [2.75, 3.05) is 43.5 Å². The van der Waals surface area contributed by atoms with Gasteiger partial charge in [0, 0.05) is 17.4 Å². The summed E-state index contributed by atoms with van der Waals surface area (Å²) in [6.07, 6.45) is 0. The Hall–Kier alpha value is -2.05. The Kier molecular flexibility index (Phi) is 5.84. The number of rotatable bonds is 5. The molecule has 2 heterocycles. The van der Waals surface area contributed by atoms with Crippen LogP contribution in [0.4, 0.5) is 10.7 Å². The topological polar surface area (TPSA) is 46.0 Å². The third-order valence-electron chi connectivity index (χ3n) is 5.12. The molecule has 1 amide bonds. The number of hydrogen-bond donors (Lipinski definition) is 2. The van der Waals surface area contributed by atoms with E-state index in [0.29, 0.717) is 0 Å². The normalized spacial score (nSPS) is 15.2. The summed E-state index contributed by atoms with van der Waals surface area (Å²) in [5.41, 5.74) is 3.79. The molecule has 2 aromatic rings. The van der Waals surface area contributed by atoms with Crippen molar-refractivity contribution in [3.05, 3.63) is 40.3 Å². The van der Waals surface area contributed by atoms with E-state index in [4.69, 9.17) is 4.74 Å². The molecule has 1 aromatic heterocycles. The van der Waals surface area contributed by atoms with Crippen LogP contribution in [0.2, 0.25) is 0 Å². The van der Waals surface area contributed by atoms with Crippen molar-refractivity contribution in [3.8, 4) is 5.75 Å². The minimum atomic E-state index is 0.00323. The van der Waals surface area contributed by atoms with E-state index in [0.717, 1.165) is 43.5 Å². The molecule has 0 bridgehead atoms. The summed E-state index contributed by atoms with van der Waals surface area (Å²) in [4.78, 5) is 16.8. The zero-order valence-electron chi connectivity index (χ0n) is 16.0. The molecule has 0 unspecified atom stereocenters. The number of nitrogens with zero attached hydrogens (tertiary/aromatic N) is 1. The first-order chi connectivity index (χ1) is 12.5. The lowest BCUT2D eigenvalue weighted by molar-refractivity contribution is -0.914. The molecule has 140 valence electrons. The number of piperazine rings is 1. The van der Waals surface area contributed by atoms with E-state index >= 15 is 0 Å². The molecule has 26 heavy (non-hydrogen) atoms. The molecule has 1 aromatic carbocycles. The molecule has 1 aliphatic heterocycles. The second-order valence-electron chi connectivity index (χ2n) is 6.86. The largest absolute Gasteiger partial charge is 0.495 e. The Morgan fingerprint density at radius 1 is 1.27 bits per heavy atom. The fraction of sp³-hybridized carbons (Fsp3) is 0.450. The van der Waals surface area contributed by atoms with E-state index in [1.54, 1.807) is 30.3 Å². The number of anilines is 2. The maximum atomic E-state index is 11.5. The number of quaternary nitrogens is 1. The highest BCUT2D eigenvalue weighted by Crippen LogP contribution is 2.32. The number of ether oxygens (including phenoxy) is 1. The molecule has 6 heteroatoms. The number of benzene rings is 1. The molecule has 1 saturated heterocycles. The highest BCUT2D eigenvalue weighted by atomic mass is 32.1. The summed E-state index contributed by atoms with van der Waals surface area (Å²) >= 11 is 1.69. The maximum Gasteiger partial charge on any atom is 0.221 e. The van der Waals surface area contributed by atoms with Gasteiger partial charge in [0.25, 0.3) is 0 Å². The van der Waals surface area contributed by atoms with Gasteiger partial charge in [-0.25, -0.2) is 0 Å². The number of methoxy groups -OCH3 is 1. The van der Waals surface area contributed by atoms with Crippen LogP contribution in [0.15, 0.2) is 24.3 Å². The van der Waals surface area contributed by atoms with Gasteiger partial charge in [-0.1, -0.05) is 12.1 Å². The smallest absolute Gasteiger partial charge is 0.221 e. The van der Waals surface area contributed by atoms with E-state index in [1.807, 2.05) is 12.1 Å². The highest BCUT2D eigenvalue weighted by molar-refractivity contribution is 7.16. The Labute approximate surface area is 159 Å². The molecule has 0 aliphatic carbocycles. The van der Waals surface area contributed by atoms with E-state index in [9.17, 15) is 4.79 Å². The molecular formula is C20H28N3O2S+. The van der Waals surface area contributed by atoms with E-state index < -0.39 is 0 Å². The zero-order chi connectivity index (χ0) is 18.7. The number of aryl methyl sites for hydroxylation is 1. The number of carbonyl (C=O) groups excluding carboxylic acids is 1. The monoisotopic (exact) mass is 374 g/mol. The first kappa shape index (κ1) is 18.7. The summed E-state index contributed by atoms with van der Waals surface area (Å²) in [5.74, 6) is 0.941. The Morgan fingerprint density at radius 2 is 1.96 bits per heavy atom. The first-order valence-electron chi connectivity index (χ1n) is 9.07. The molecular weight excluding hydrogens is 346 g/mol. The average molecular weight is 375 g/mol. The van der Waals surface area contributed by atoms with Gasteiger partial charge in [0.2, 0.25) is 5.91 Å². The van der Waals surface area contributed by atoms with Crippen molar-refractivity contribution in [2.45, 2.75) is 27.3 Å². The van der Waals surface area contributed by atoms with Crippen LogP contribution in [0.25, 0.3) is 0 Å². The van der Waals surface area contributed by atoms with Gasteiger partial charge in [0.15, 0.2) is 0 Å². The molecule has 0 radical (unpaired) electrons. The van der Waals surface area contributed by atoms with Gasteiger partial charge >= 0.3 is 0 Å². The van der Waals surface area contributed by atoms with Gasteiger partial charge < -0.3 is 19.9 Å². The summed E-state index contributed by atoms with van der Waals surface area (Å²) in [6, 6.07) is 8.22. The Morgan fingerprint density at radius 3 is 2.62 bits per heavy atom. The quantitative estimate of drug-likeness (QED) is 0.844. The zero-order valence-corrected chi connectivity index (χ0v) is 16.8. The molecule has 0 spiro atoms. The molecule has 3 rings (SSSR count). The standard InChI is InChI=1S/C20H27N3O2S/c1-14-15(2)26-20(21-16(3)24)17(14)13-22-9-11-23(12-10-22)18-7-5-6-8-19(18)25-4/h5-8H,9-13H2,1-4H3,(H,21,24)/p+1. The second-order valence-corrected chi connectivity index (χ2v) is 8.08. The number of carbonyl (C=O) groups is 1. The Bertz CT molecular complexity index is 779. The minimum Gasteiger partial charge on any atom is -0.495 e. The predicted octanol–water partition coefficient (Wildman–Crippen LogP) is 2.24. The predicted molar refractivity (Wildman–Crippen MR) is 108 cm³/mol. The summed E-state index contributed by atoms with van der Waals surface area (Å²) in [7, 11) is 1.73. The number of thiophene rings is 1. The lowest BCUT2D eigenvalue weighted by Gasteiger charge is -2.34. The molecule has 1 fully saturated rings. The van der Waals surface area contributed by atoms with Gasteiger partial charge in [0.05, 0.1) is 39.0 Å². The lowest BCUT2D eigenvalue weighted by Crippen LogP contribution is -3.13. The SMILES string of the molecule is COc1ccccc1N1CC[NH+](Cc2c(NC(C)=O)sc(C)c2C)CC1. The summed E-state index contributed by atoms with van der Waals surface area (Å²) < 4.78 is 5.50. The third-order valence-corrected chi connectivity index (χ3v) is 6.29. The van der Waals surface area contributed by atoms with Crippen LogP contribution >= 0.6 is 11.3 Å². The van der Waals surface area contributed by atoms with Crippen molar-refractivity contribution < 1.29 is 14.4 Å². The minimum absolute atomic E-state index is 0.00323. The molecule has 0 saturated carbocycles. The highest BCUT2D eigenvalue weighted by Gasteiger charge is 2.25. The van der Waals surface area contributed by atoms with Gasteiger partial charge in [-0.2, -0.15) is 0 Å². The summed E-state index contributed by atoms with van der Waals surface area (Å²) in [5, 5.41) is 4.03. The van der Waals surface area contributed by atoms with Crippen LogP contribution in [0.3, 0.4) is 0 Å². The van der Waals surface area contributed by atoms with Gasteiger partial charge in [0.1, 0.15) is 17.3 Å². The van der Waals surface area contributed by atoms with Crippen molar-refractivity contribution in [2.24, 2.45) is 0 Å². The van der Waals surface area contributed by atoms with Crippen molar-refractivity contribution in [3.63, 3.8) is 0 Å². The van der Waals surface area contributed by atoms with Crippen LogP contribution < -0.4 is 19.9 Å². The third kappa shape index (κ3) is 4.02. The fourth-order valence-corrected chi connectivity index (χ4v) is 4.66. The van der Waals surface area contributed by atoms with Crippen molar-refractivity contribution in [1.29, 1.82) is 0 Å². The van der Waals surface area contributed by atoms with Gasteiger partial charge in [-0.3, -0.25) is 4.79 Å².